The van der Waals surface area contributed by atoms with Gasteiger partial charge in [-0.25, -0.2) is 4.39 Å². The summed E-state index contributed by atoms with van der Waals surface area (Å²) in [4.78, 5) is 26.4. The SMILES string of the molecule is O=C(NCc1ccc2c(c1)OCO2)C1CCC(=O)N1Cc1cccc(F)c1. The number of likely N-dealkylation sites (tertiary alicyclic amines) is 1. The van der Waals surface area contributed by atoms with E-state index >= 15 is 0 Å². The molecule has 0 spiro atoms. The van der Waals surface area contributed by atoms with Gasteiger partial charge in [-0.1, -0.05) is 18.2 Å². The molecule has 27 heavy (non-hydrogen) atoms. The first kappa shape index (κ1) is 17.3. The highest BCUT2D eigenvalue weighted by Gasteiger charge is 2.35. The second kappa shape index (κ2) is 7.26. The molecule has 0 aromatic heterocycles. The maximum Gasteiger partial charge on any atom is 0.243 e. The van der Waals surface area contributed by atoms with Gasteiger partial charge >= 0.3 is 0 Å². The van der Waals surface area contributed by atoms with Crippen LogP contribution in [0.2, 0.25) is 0 Å². The van der Waals surface area contributed by atoms with Crippen molar-refractivity contribution >= 4 is 11.8 Å². The molecule has 6 nitrogen and oxygen atoms in total. The second-order valence-electron chi connectivity index (χ2n) is 6.61. The number of halogens is 1. The number of ether oxygens (including phenoxy) is 2. The Morgan fingerprint density at radius 3 is 2.85 bits per heavy atom. The lowest BCUT2D eigenvalue weighted by Crippen LogP contribution is -2.44. The minimum absolute atomic E-state index is 0.0949. The van der Waals surface area contributed by atoms with E-state index in [1.54, 1.807) is 18.2 Å². The number of nitrogens with zero attached hydrogens (tertiary/aromatic N) is 1. The van der Waals surface area contributed by atoms with E-state index in [-0.39, 0.29) is 31.0 Å². The molecule has 1 atom stereocenters. The highest BCUT2D eigenvalue weighted by Crippen LogP contribution is 2.32. The zero-order valence-electron chi connectivity index (χ0n) is 14.6. The van der Waals surface area contributed by atoms with Crippen molar-refractivity contribution in [1.82, 2.24) is 10.2 Å². The fraction of sp³-hybridized carbons (Fsp3) is 0.300. The van der Waals surface area contributed by atoms with E-state index in [1.165, 1.54) is 17.0 Å². The molecular weight excluding hydrogens is 351 g/mol. The van der Waals surface area contributed by atoms with Crippen LogP contribution in [0.3, 0.4) is 0 Å². The lowest BCUT2D eigenvalue weighted by molar-refractivity contribution is -0.135. The number of benzene rings is 2. The van der Waals surface area contributed by atoms with E-state index in [0.717, 1.165) is 5.56 Å². The lowest BCUT2D eigenvalue weighted by atomic mass is 10.1. The van der Waals surface area contributed by atoms with Crippen LogP contribution in [0.5, 0.6) is 11.5 Å². The summed E-state index contributed by atoms with van der Waals surface area (Å²) in [5.41, 5.74) is 1.55. The number of hydrogen-bond donors (Lipinski definition) is 1. The van der Waals surface area contributed by atoms with Crippen molar-refractivity contribution in [1.29, 1.82) is 0 Å². The van der Waals surface area contributed by atoms with Gasteiger partial charge in [-0.15, -0.1) is 0 Å². The van der Waals surface area contributed by atoms with Gasteiger partial charge in [0.25, 0.3) is 0 Å². The Hall–Kier alpha value is -3.09. The summed E-state index contributed by atoms with van der Waals surface area (Å²) in [6, 6.07) is 11.0. The van der Waals surface area contributed by atoms with Gasteiger partial charge in [-0.05, 0) is 41.8 Å². The molecule has 1 saturated heterocycles. The number of amides is 2. The molecule has 2 heterocycles. The first-order valence-electron chi connectivity index (χ1n) is 8.80. The van der Waals surface area contributed by atoms with Crippen molar-refractivity contribution < 1.29 is 23.5 Å². The van der Waals surface area contributed by atoms with Gasteiger partial charge in [-0.3, -0.25) is 9.59 Å². The number of nitrogens with one attached hydrogen (secondary N) is 1. The van der Waals surface area contributed by atoms with Crippen LogP contribution in [0, 0.1) is 5.82 Å². The summed E-state index contributed by atoms with van der Waals surface area (Å²) < 4.78 is 24.0. The average molecular weight is 370 g/mol. The van der Waals surface area contributed by atoms with Crippen LogP contribution < -0.4 is 14.8 Å². The number of carbonyl (C=O) groups excluding carboxylic acids is 2. The molecule has 0 radical (unpaired) electrons. The molecule has 0 bridgehead atoms. The fourth-order valence-corrected chi connectivity index (χ4v) is 3.39. The minimum atomic E-state index is -0.547. The highest BCUT2D eigenvalue weighted by atomic mass is 19.1. The topological polar surface area (TPSA) is 67.9 Å². The summed E-state index contributed by atoms with van der Waals surface area (Å²) in [7, 11) is 0. The van der Waals surface area contributed by atoms with Crippen LogP contribution in [-0.2, 0) is 22.7 Å². The maximum atomic E-state index is 13.4. The third-order valence-electron chi connectivity index (χ3n) is 4.78. The van der Waals surface area contributed by atoms with Crippen LogP contribution in [0.15, 0.2) is 42.5 Å². The summed E-state index contributed by atoms with van der Waals surface area (Å²) >= 11 is 0. The molecule has 1 fully saturated rings. The Morgan fingerprint density at radius 1 is 1.15 bits per heavy atom. The van der Waals surface area contributed by atoms with Crippen molar-refractivity contribution in [2.45, 2.75) is 32.0 Å². The van der Waals surface area contributed by atoms with Crippen molar-refractivity contribution in [2.75, 3.05) is 6.79 Å². The molecule has 2 amide bonds. The van der Waals surface area contributed by atoms with Crippen molar-refractivity contribution in [3.8, 4) is 11.5 Å². The predicted molar refractivity (Wildman–Crippen MR) is 94.4 cm³/mol. The quantitative estimate of drug-likeness (QED) is 0.877. The smallest absolute Gasteiger partial charge is 0.243 e. The zero-order valence-corrected chi connectivity index (χ0v) is 14.6. The first-order valence-corrected chi connectivity index (χ1v) is 8.80. The Morgan fingerprint density at radius 2 is 2.00 bits per heavy atom. The van der Waals surface area contributed by atoms with Crippen molar-refractivity contribution in [2.24, 2.45) is 0 Å². The number of carbonyl (C=O) groups is 2. The molecule has 0 saturated carbocycles. The molecule has 2 aliphatic rings. The predicted octanol–water partition coefficient (Wildman–Crippen LogP) is 2.36. The van der Waals surface area contributed by atoms with E-state index < -0.39 is 6.04 Å². The molecule has 2 aliphatic heterocycles. The minimum Gasteiger partial charge on any atom is -0.454 e. The maximum absolute atomic E-state index is 13.4. The summed E-state index contributed by atoms with van der Waals surface area (Å²) in [5, 5.41) is 2.88. The van der Waals surface area contributed by atoms with Gasteiger partial charge in [0.15, 0.2) is 11.5 Å². The summed E-state index contributed by atoms with van der Waals surface area (Å²) in [6.45, 7) is 0.747. The van der Waals surface area contributed by atoms with E-state index in [4.69, 9.17) is 9.47 Å². The Bertz CT molecular complexity index is 886. The third kappa shape index (κ3) is 3.72. The molecule has 1 N–H and O–H groups in total. The van der Waals surface area contributed by atoms with E-state index in [2.05, 4.69) is 5.32 Å². The van der Waals surface area contributed by atoms with Crippen LogP contribution in [0.25, 0.3) is 0 Å². The summed E-state index contributed by atoms with van der Waals surface area (Å²) in [5.74, 6) is 0.679. The molecular formula is C20H19FN2O4. The molecule has 0 aliphatic carbocycles. The fourth-order valence-electron chi connectivity index (χ4n) is 3.39. The van der Waals surface area contributed by atoms with Gasteiger partial charge in [0.2, 0.25) is 18.6 Å². The molecule has 140 valence electrons. The van der Waals surface area contributed by atoms with Gasteiger partial charge in [0, 0.05) is 19.5 Å². The largest absolute Gasteiger partial charge is 0.454 e. The number of rotatable bonds is 5. The zero-order chi connectivity index (χ0) is 18.8. The summed E-state index contributed by atoms with van der Waals surface area (Å²) in [6.07, 6.45) is 0.776. The second-order valence-corrected chi connectivity index (χ2v) is 6.61. The van der Waals surface area contributed by atoms with Crippen LogP contribution in [0.1, 0.15) is 24.0 Å². The van der Waals surface area contributed by atoms with E-state index in [9.17, 15) is 14.0 Å². The monoisotopic (exact) mass is 370 g/mol. The average Bonchev–Trinajstić information content (AvgIpc) is 3.26. The van der Waals surface area contributed by atoms with E-state index in [1.807, 2.05) is 12.1 Å². The van der Waals surface area contributed by atoms with E-state index in [0.29, 0.717) is 36.4 Å². The van der Waals surface area contributed by atoms with Gasteiger partial charge in [0.1, 0.15) is 11.9 Å². The highest BCUT2D eigenvalue weighted by molar-refractivity contribution is 5.90. The Balaban J connectivity index is 1.40. The van der Waals surface area contributed by atoms with Crippen LogP contribution in [0.4, 0.5) is 4.39 Å². The molecule has 2 aromatic rings. The van der Waals surface area contributed by atoms with Crippen molar-refractivity contribution in [3.63, 3.8) is 0 Å². The van der Waals surface area contributed by atoms with Gasteiger partial charge in [0.05, 0.1) is 0 Å². The molecule has 1 unspecified atom stereocenters. The molecule has 7 heteroatoms. The third-order valence-corrected chi connectivity index (χ3v) is 4.78. The van der Waals surface area contributed by atoms with Crippen LogP contribution >= 0.6 is 0 Å². The standard InChI is InChI=1S/C20H19FN2O4/c21-15-3-1-2-14(8-15)11-23-16(5-7-19(23)24)20(25)22-10-13-4-6-17-18(9-13)27-12-26-17/h1-4,6,8-9,16H,5,7,10-12H2,(H,22,25). The van der Waals surface area contributed by atoms with Crippen molar-refractivity contribution in [3.05, 3.63) is 59.4 Å². The first-order chi connectivity index (χ1) is 13.1. The van der Waals surface area contributed by atoms with Crippen LogP contribution in [-0.4, -0.2) is 29.5 Å². The Labute approximate surface area is 155 Å². The normalized spacial score (nSPS) is 18.0. The Kier molecular flexibility index (Phi) is 4.66. The lowest BCUT2D eigenvalue weighted by Gasteiger charge is -2.24. The molecule has 2 aromatic carbocycles. The number of hydrogen-bond acceptors (Lipinski definition) is 4. The molecule has 4 rings (SSSR count). The number of fused-ring (bicyclic) bond motifs is 1. The van der Waals surface area contributed by atoms with Gasteiger partial charge < -0.3 is 19.7 Å². The van der Waals surface area contributed by atoms with Gasteiger partial charge in [-0.2, -0.15) is 0 Å².